The summed E-state index contributed by atoms with van der Waals surface area (Å²) in [6, 6.07) is 0. The minimum Gasteiger partial charge on any atom is -0.361 e. The molecule has 0 rings (SSSR count). The van der Waals surface area contributed by atoms with Gasteiger partial charge in [-0.2, -0.15) is 0 Å². The zero-order valence-electron chi connectivity index (χ0n) is 28.9. The van der Waals surface area contributed by atoms with Gasteiger partial charge in [0, 0.05) is 22.8 Å². The molecule has 234 valence electrons. The smallest absolute Gasteiger partial charge is 0.227 e. The molecule has 3 amide bonds. The van der Waals surface area contributed by atoms with E-state index in [-0.39, 0.29) is 57.1 Å². The van der Waals surface area contributed by atoms with Gasteiger partial charge >= 0.3 is 0 Å². The molecule has 0 spiro atoms. The summed E-state index contributed by atoms with van der Waals surface area (Å²) in [6.45, 7) is 37.5. The van der Waals surface area contributed by atoms with Crippen molar-refractivity contribution in [3.05, 3.63) is 0 Å². The molecule has 0 atom stereocenters. The Morgan fingerprint density at radius 3 is 1.10 bits per heavy atom. The zero-order chi connectivity index (χ0) is 32.1. The maximum atomic E-state index is 11.4. The molecular formula is C31H65N3O5. The number of hydrogen-bond acceptors (Lipinski definition) is 5. The molecule has 0 saturated heterocycles. The normalized spacial score (nSPS) is 12.8. The lowest BCUT2D eigenvalue weighted by Crippen LogP contribution is -2.39. The number of ether oxygens (including phenoxy) is 2. The average molecular weight is 560 g/mol. The van der Waals surface area contributed by atoms with E-state index < -0.39 is 0 Å². The lowest BCUT2D eigenvalue weighted by molar-refractivity contribution is -0.132. The molecule has 0 unspecified atom stereocenters. The first kappa shape index (κ1) is 41.8. The van der Waals surface area contributed by atoms with E-state index in [1.54, 1.807) is 0 Å². The third-order valence-electron chi connectivity index (χ3n) is 4.43. The van der Waals surface area contributed by atoms with Crippen LogP contribution in [-0.4, -0.2) is 49.9 Å². The van der Waals surface area contributed by atoms with Crippen LogP contribution >= 0.6 is 0 Å². The van der Waals surface area contributed by atoms with Gasteiger partial charge in [0.1, 0.15) is 13.5 Å². The van der Waals surface area contributed by atoms with Gasteiger partial charge in [0.15, 0.2) is 0 Å². The zero-order valence-corrected chi connectivity index (χ0v) is 28.9. The van der Waals surface area contributed by atoms with Gasteiger partial charge in [0.05, 0.1) is 12.2 Å². The maximum Gasteiger partial charge on any atom is 0.227 e. The van der Waals surface area contributed by atoms with Gasteiger partial charge in [0.2, 0.25) is 17.7 Å². The van der Waals surface area contributed by atoms with Crippen LogP contribution in [0.5, 0.6) is 0 Å². The third kappa shape index (κ3) is 30.7. The van der Waals surface area contributed by atoms with Crippen LogP contribution in [0.4, 0.5) is 0 Å². The van der Waals surface area contributed by atoms with Crippen molar-refractivity contribution in [2.24, 2.45) is 27.1 Å². The molecule has 0 aliphatic carbocycles. The van der Waals surface area contributed by atoms with Gasteiger partial charge in [-0.05, 0) is 31.6 Å². The van der Waals surface area contributed by atoms with E-state index in [1.807, 2.05) is 83.1 Å². The molecule has 0 heterocycles. The summed E-state index contributed by atoms with van der Waals surface area (Å²) in [7, 11) is 0. The van der Waals surface area contributed by atoms with E-state index in [0.29, 0.717) is 13.3 Å². The Labute approximate surface area is 241 Å². The van der Waals surface area contributed by atoms with Gasteiger partial charge in [0.25, 0.3) is 0 Å². The first-order chi connectivity index (χ1) is 16.9. The highest BCUT2D eigenvalue weighted by Crippen LogP contribution is 2.16. The van der Waals surface area contributed by atoms with Crippen molar-refractivity contribution in [3.63, 3.8) is 0 Å². The van der Waals surface area contributed by atoms with E-state index in [1.165, 1.54) is 0 Å². The maximum absolute atomic E-state index is 11.4. The second-order valence-corrected chi connectivity index (χ2v) is 16.5. The summed E-state index contributed by atoms with van der Waals surface area (Å²) in [5, 5.41) is 8.38. The molecule has 3 N–H and O–H groups in total. The Morgan fingerprint density at radius 2 is 0.821 bits per heavy atom. The Morgan fingerprint density at radius 1 is 0.487 bits per heavy atom. The fourth-order valence-corrected chi connectivity index (χ4v) is 1.93. The lowest BCUT2D eigenvalue weighted by atomic mass is 9.93. The molecule has 0 aromatic heterocycles. The molecular weight excluding hydrogens is 494 g/mol. The van der Waals surface area contributed by atoms with Gasteiger partial charge < -0.3 is 25.4 Å². The lowest BCUT2D eigenvalue weighted by Gasteiger charge is -2.23. The first-order valence-electron chi connectivity index (χ1n) is 14.0. The second kappa shape index (κ2) is 16.6. The summed E-state index contributed by atoms with van der Waals surface area (Å²) in [4.78, 5) is 34.2. The number of nitrogens with one attached hydrogen (secondary N) is 3. The van der Waals surface area contributed by atoms with Gasteiger partial charge in [-0.25, -0.2) is 0 Å². The average Bonchev–Trinajstić information content (AvgIpc) is 2.65. The number of carbonyl (C=O) groups excluding carboxylic acids is 3. The highest BCUT2D eigenvalue weighted by atomic mass is 16.5. The van der Waals surface area contributed by atoms with Crippen LogP contribution in [0.25, 0.3) is 0 Å². The molecule has 0 bridgehead atoms. The third-order valence-corrected chi connectivity index (χ3v) is 4.43. The largest absolute Gasteiger partial charge is 0.361 e. The summed E-state index contributed by atoms with van der Waals surface area (Å²) in [6.07, 6.45) is 0. The van der Waals surface area contributed by atoms with Crippen molar-refractivity contribution >= 4 is 17.7 Å². The predicted molar refractivity (Wildman–Crippen MR) is 163 cm³/mol. The van der Waals surface area contributed by atoms with Crippen LogP contribution in [0, 0.1) is 27.1 Å². The number of rotatable bonds is 6. The van der Waals surface area contributed by atoms with Gasteiger partial charge in [-0.15, -0.1) is 0 Å². The molecule has 8 heteroatoms. The van der Waals surface area contributed by atoms with Crippen molar-refractivity contribution in [2.45, 2.75) is 130 Å². The van der Waals surface area contributed by atoms with E-state index in [9.17, 15) is 14.4 Å². The Bertz CT molecular complexity index is 720. The standard InChI is InChI=1S/C11H23NO2.C10H21NO2.C10H21NO/c1-10(2,3)7-14-8-12-9(13)11(4,5)6;1-9(2,3)8(12)11-7-13-10(4,5)6;1-9(2,3)7-11-8(12)10(4,5)6/h7-8H2,1-6H3,(H,12,13);7H2,1-6H3,(H,11,12);7H2,1-6H3,(H,11,12). The van der Waals surface area contributed by atoms with Crippen molar-refractivity contribution < 1.29 is 23.9 Å². The summed E-state index contributed by atoms with van der Waals surface area (Å²) < 4.78 is 10.7. The van der Waals surface area contributed by atoms with Crippen LogP contribution in [0.1, 0.15) is 125 Å². The topological polar surface area (TPSA) is 106 Å². The number of carbonyl (C=O) groups is 3. The van der Waals surface area contributed by atoms with Crippen LogP contribution in [0.15, 0.2) is 0 Å². The summed E-state index contributed by atoms with van der Waals surface area (Å²) in [5.74, 6) is 0.153. The SMILES string of the molecule is CC(C)(C)CNC(=O)C(C)(C)C.CC(C)(C)COCNC(=O)C(C)(C)C.CC(C)(C)OCNC(=O)C(C)(C)C. The van der Waals surface area contributed by atoms with Crippen molar-refractivity contribution in [1.82, 2.24) is 16.0 Å². The van der Waals surface area contributed by atoms with E-state index >= 15 is 0 Å². The Kier molecular flexibility index (Phi) is 17.8. The second-order valence-electron chi connectivity index (χ2n) is 16.5. The highest BCUT2D eigenvalue weighted by molar-refractivity contribution is 5.82. The van der Waals surface area contributed by atoms with Crippen LogP contribution < -0.4 is 16.0 Å². The molecule has 39 heavy (non-hydrogen) atoms. The van der Waals surface area contributed by atoms with Crippen LogP contribution in [0.3, 0.4) is 0 Å². The fraction of sp³-hybridized carbons (Fsp3) is 0.903. The Hall–Kier alpha value is -1.67. The number of amides is 3. The Balaban J connectivity index is -0.000000500. The van der Waals surface area contributed by atoms with Crippen molar-refractivity contribution in [1.29, 1.82) is 0 Å². The van der Waals surface area contributed by atoms with E-state index in [2.05, 4.69) is 57.5 Å². The fourth-order valence-electron chi connectivity index (χ4n) is 1.93. The monoisotopic (exact) mass is 559 g/mol. The van der Waals surface area contributed by atoms with Gasteiger partial charge in [-0.1, -0.05) is 104 Å². The first-order valence-corrected chi connectivity index (χ1v) is 14.0. The molecule has 0 saturated carbocycles. The van der Waals surface area contributed by atoms with E-state index in [0.717, 1.165) is 6.54 Å². The van der Waals surface area contributed by atoms with Crippen molar-refractivity contribution in [3.8, 4) is 0 Å². The number of hydrogen-bond donors (Lipinski definition) is 3. The summed E-state index contributed by atoms with van der Waals surface area (Å²) in [5.41, 5.74) is -0.851. The highest BCUT2D eigenvalue weighted by Gasteiger charge is 2.23. The molecule has 0 radical (unpaired) electrons. The molecule has 0 aliphatic rings. The van der Waals surface area contributed by atoms with E-state index in [4.69, 9.17) is 9.47 Å². The predicted octanol–water partition coefficient (Wildman–Crippen LogP) is 6.29. The quantitative estimate of drug-likeness (QED) is 0.262. The minimum absolute atomic E-state index is 0.0109. The molecule has 8 nitrogen and oxygen atoms in total. The molecule has 0 fully saturated rings. The van der Waals surface area contributed by atoms with Crippen molar-refractivity contribution in [2.75, 3.05) is 26.6 Å². The molecule has 0 aromatic rings. The van der Waals surface area contributed by atoms with Crippen LogP contribution in [0.2, 0.25) is 0 Å². The van der Waals surface area contributed by atoms with Crippen LogP contribution in [-0.2, 0) is 23.9 Å². The molecule has 0 aliphatic heterocycles. The minimum atomic E-state index is -0.346. The van der Waals surface area contributed by atoms with Gasteiger partial charge in [-0.3, -0.25) is 14.4 Å². The summed E-state index contributed by atoms with van der Waals surface area (Å²) >= 11 is 0. The molecule has 0 aromatic carbocycles.